The van der Waals surface area contributed by atoms with Crippen molar-refractivity contribution in [1.82, 2.24) is 4.90 Å². The van der Waals surface area contributed by atoms with Crippen LogP contribution in [0.1, 0.15) is 56.3 Å². The summed E-state index contributed by atoms with van der Waals surface area (Å²) in [7, 11) is 0. The molecule has 29 heavy (non-hydrogen) atoms. The van der Waals surface area contributed by atoms with E-state index >= 15 is 0 Å². The average Bonchev–Trinajstić information content (AvgIpc) is 2.76. The average molecular weight is 399 g/mol. The van der Waals surface area contributed by atoms with Gasteiger partial charge in [-0.2, -0.15) is 0 Å². The first-order chi connectivity index (χ1) is 14.2. The molecule has 0 aliphatic rings. The van der Waals surface area contributed by atoms with Gasteiger partial charge in [-0.3, -0.25) is 0 Å². The number of benzene rings is 2. The zero-order valence-electron chi connectivity index (χ0n) is 17.9. The lowest BCUT2D eigenvalue weighted by molar-refractivity contribution is 0.112. The normalized spacial score (nSPS) is 12.3. The third-order valence-electron chi connectivity index (χ3n) is 5.28. The van der Waals surface area contributed by atoms with Gasteiger partial charge in [0.25, 0.3) is 0 Å². The van der Waals surface area contributed by atoms with E-state index in [9.17, 15) is 5.11 Å². The number of anilines is 1. The molecule has 1 atom stereocenters. The molecule has 0 saturated carbocycles. The number of hydrogen-bond acceptors (Lipinski definition) is 4. The molecule has 0 aliphatic heterocycles. The van der Waals surface area contributed by atoms with Gasteiger partial charge in [-0.25, -0.2) is 0 Å². The summed E-state index contributed by atoms with van der Waals surface area (Å²) < 4.78 is 0. The number of unbranched alkanes of at least 4 members (excludes halogenated alkanes) is 3. The Bertz CT molecular complexity index is 646. The molecule has 4 heteroatoms. The second kappa shape index (κ2) is 14.2. The summed E-state index contributed by atoms with van der Waals surface area (Å²) in [4.78, 5) is 2.40. The van der Waals surface area contributed by atoms with E-state index < -0.39 is 6.10 Å². The number of nitrogens with one attached hydrogen (secondary N) is 1. The Labute approximate surface area is 176 Å². The van der Waals surface area contributed by atoms with Crippen LogP contribution in [0.25, 0.3) is 0 Å². The number of nitrogens with zero attached hydrogens (tertiary/aromatic N) is 1. The zero-order chi connectivity index (χ0) is 20.7. The van der Waals surface area contributed by atoms with E-state index in [-0.39, 0.29) is 6.61 Å². The summed E-state index contributed by atoms with van der Waals surface area (Å²) in [5.74, 6) is 0. The van der Waals surface area contributed by atoms with Gasteiger partial charge in [0, 0.05) is 31.9 Å². The third kappa shape index (κ3) is 9.44. The Morgan fingerprint density at radius 1 is 0.897 bits per heavy atom. The van der Waals surface area contributed by atoms with Gasteiger partial charge < -0.3 is 20.4 Å². The highest BCUT2D eigenvalue weighted by molar-refractivity contribution is 5.44. The largest absolute Gasteiger partial charge is 0.396 e. The topological polar surface area (TPSA) is 55.7 Å². The van der Waals surface area contributed by atoms with Gasteiger partial charge in [0.1, 0.15) is 0 Å². The fraction of sp³-hybridized carbons (Fsp3) is 0.520. The smallest absolute Gasteiger partial charge is 0.0916 e. The molecule has 0 amide bonds. The summed E-state index contributed by atoms with van der Waals surface area (Å²) in [6.07, 6.45) is 5.98. The van der Waals surface area contributed by atoms with Crippen LogP contribution in [0.15, 0.2) is 54.6 Å². The molecule has 0 radical (unpaired) electrons. The molecule has 2 aromatic carbocycles. The molecule has 0 spiro atoms. The van der Waals surface area contributed by atoms with Crippen LogP contribution in [0.2, 0.25) is 0 Å². The molecular formula is C25H38N2O2. The van der Waals surface area contributed by atoms with Crippen molar-refractivity contribution >= 4 is 5.69 Å². The molecule has 0 saturated heterocycles. The van der Waals surface area contributed by atoms with E-state index in [2.05, 4.69) is 41.4 Å². The van der Waals surface area contributed by atoms with E-state index in [1.807, 2.05) is 30.3 Å². The van der Waals surface area contributed by atoms with Crippen molar-refractivity contribution in [3.63, 3.8) is 0 Å². The summed E-state index contributed by atoms with van der Waals surface area (Å²) in [5, 5.41) is 22.9. The van der Waals surface area contributed by atoms with E-state index in [0.717, 1.165) is 50.1 Å². The first kappa shape index (κ1) is 23.4. The fourth-order valence-electron chi connectivity index (χ4n) is 3.45. The molecule has 2 rings (SSSR count). The lowest BCUT2D eigenvalue weighted by Gasteiger charge is -2.25. The predicted molar refractivity (Wildman–Crippen MR) is 122 cm³/mol. The van der Waals surface area contributed by atoms with Gasteiger partial charge in [0.15, 0.2) is 0 Å². The molecule has 0 aliphatic carbocycles. The Hall–Kier alpha value is -1.88. The van der Waals surface area contributed by atoms with Crippen LogP contribution >= 0.6 is 0 Å². The summed E-state index contributed by atoms with van der Waals surface area (Å²) in [6.45, 7) is 6.04. The molecule has 0 fully saturated rings. The van der Waals surface area contributed by atoms with Gasteiger partial charge in [-0.1, -0.05) is 62.2 Å². The quantitative estimate of drug-likeness (QED) is 0.383. The standard InChI is InChI=1S/C25H38N2O2/c1-2-3-8-18-27(21-25(29)23-10-5-4-6-11-23)19-16-22-12-14-24(15-13-22)26-17-7-9-20-28/h4-6,10-15,25-26,28-29H,2-3,7-9,16-21H2,1H3. The number of rotatable bonds is 15. The van der Waals surface area contributed by atoms with Crippen molar-refractivity contribution in [2.45, 2.75) is 51.6 Å². The highest BCUT2D eigenvalue weighted by Crippen LogP contribution is 2.16. The second-order valence-corrected chi connectivity index (χ2v) is 7.74. The van der Waals surface area contributed by atoms with Gasteiger partial charge >= 0.3 is 0 Å². The van der Waals surface area contributed by atoms with E-state index in [1.54, 1.807) is 0 Å². The number of aliphatic hydroxyl groups is 2. The van der Waals surface area contributed by atoms with Crippen molar-refractivity contribution in [3.05, 3.63) is 65.7 Å². The predicted octanol–water partition coefficient (Wildman–Crippen LogP) is 4.64. The van der Waals surface area contributed by atoms with Gasteiger partial charge in [0.2, 0.25) is 0 Å². The fourth-order valence-corrected chi connectivity index (χ4v) is 3.45. The molecule has 4 nitrogen and oxygen atoms in total. The monoisotopic (exact) mass is 398 g/mol. The second-order valence-electron chi connectivity index (χ2n) is 7.74. The maximum Gasteiger partial charge on any atom is 0.0916 e. The minimum absolute atomic E-state index is 0.258. The van der Waals surface area contributed by atoms with Crippen molar-refractivity contribution in [1.29, 1.82) is 0 Å². The molecule has 2 aromatic rings. The Balaban J connectivity index is 1.84. The molecule has 0 aromatic heterocycles. The van der Waals surface area contributed by atoms with Crippen molar-refractivity contribution in [2.75, 3.05) is 38.1 Å². The van der Waals surface area contributed by atoms with Gasteiger partial charge in [-0.15, -0.1) is 0 Å². The lowest BCUT2D eigenvalue weighted by Crippen LogP contribution is -2.31. The minimum Gasteiger partial charge on any atom is -0.396 e. The summed E-state index contributed by atoms with van der Waals surface area (Å²) >= 11 is 0. The molecule has 3 N–H and O–H groups in total. The molecule has 160 valence electrons. The first-order valence-corrected chi connectivity index (χ1v) is 11.1. The first-order valence-electron chi connectivity index (χ1n) is 11.1. The van der Waals surface area contributed by atoms with Crippen LogP contribution in [0.4, 0.5) is 5.69 Å². The van der Waals surface area contributed by atoms with E-state index in [1.165, 1.54) is 24.8 Å². The van der Waals surface area contributed by atoms with Crippen molar-refractivity contribution in [3.8, 4) is 0 Å². The van der Waals surface area contributed by atoms with Crippen molar-refractivity contribution in [2.24, 2.45) is 0 Å². The molecule has 0 bridgehead atoms. The zero-order valence-corrected chi connectivity index (χ0v) is 17.9. The highest BCUT2D eigenvalue weighted by atomic mass is 16.3. The van der Waals surface area contributed by atoms with E-state index in [4.69, 9.17) is 5.11 Å². The van der Waals surface area contributed by atoms with Gasteiger partial charge in [-0.05, 0) is 55.5 Å². The van der Waals surface area contributed by atoms with Crippen LogP contribution in [0.5, 0.6) is 0 Å². The van der Waals surface area contributed by atoms with Crippen LogP contribution in [-0.2, 0) is 6.42 Å². The highest BCUT2D eigenvalue weighted by Gasteiger charge is 2.13. The Morgan fingerprint density at radius 2 is 1.66 bits per heavy atom. The number of aliphatic hydroxyl groups excluding tert-OH is 2. The SMILES string of the molecule is CCCCCN(CCc1ccc(NCCCCO)cc1)CC(O)c1ccccc1. The third-order valence-corrected chi connectivity index (χ3v) is 5.28. The lowest BCUT2D eigenvalue weighted by atomic mass is 10.1. The molecular weight excluding hydrogens is 360 g/mol. The van der Waals surface area contributed by atoms with E-state index in [0.29, 0.717) is 6.54 Å². The maximum absolute atomic E-state index is 10.6. The summed E-state index contributed by atoms with van der Waals surface area (Å²) in [6, 6.07) is 18.6. The van der Waals surface area contributed by atoms with Crippen molar-refractivity contribution < 1.29 is 10.2 Å². The minimum atomic E-state index is -0.441. The van der Waals surface area contributed by atoms with Crippen LogP contribution in [0, 0.1) is 0 Å². The maximum atomic E-state index is 10.6. The Morgan fingerprint density at radius 3 is 2.34 bits per heavy atom. The van der Waals surface area contributed by atoms with Crippen LogP contribution < -0.4 is 5.32 Å². The van der Waals surface area contributed by atoms with Gasteiger partial charge in [0.05, 0.1) is 6.10 Å². The molecule has 0 heterocycles. The molecule has 1 unspecified atom stereocenters. The van der Waals surface area contributed by atoms with Crippen LogP contribution in [-0.4, -0.2) is 47.9 Å². The Kier molecular flexibility index (Phi) is 11.4. The summed E-state index contributed by atoms with van der Waals surface area (Å²) in [5.41, 5.74) is 3.44. The van der Waals surface area contributed by atoms with Crippen LogP contribution in [0.3, 0.4) is 0 Å². The number of hydrogen-bond donors (Lipinski definition) is 3.